The molecule has 1 amide bonds. The smallest absolute Gasteiger partial charge is 0.237 e. The Morgan fingerprint density at radius 3 is 2.08 bits per heavy atom. The first-order chi connectivity index (χ1) is 11.3. The van der Waals surface area contributed by atoms with E-state index in [1.54, 1.807) is 36.3 Å². The number of benzene rings is 1. The molecule has 0 heterocycles. The van der Waals surface area contributed by atoms with Crippen LogP contribution in [-0.4, -0.2) is 69.7 Å². The maximum Gasteiger partial charge on any atom is 0.237 e. The number of likely N-dealkylation sites (N-methyl/N-ethyl adjacent to an activating group) is 1. The van der Waals surface area contributed by atoms with Crippen LogP contribution < -0.4 is 9.47 Å². The zero-order chi connectivity index (χ0) is 18.2. The molecule has 0 N–H and O–H groups in total. The van der Waals surface area contributed by atoms with Gasteiger partial charge in [-0.25, -0.2) is 8.42 Å². The number of carbonyl (C=O) groups excluding carboxylic acids is 1. The van der Waals surface area contributed by atoms with Crippen molar-refractivity contribution in [3.63, 3.8) is 0 Å². The van der Waals surface area contributed by atoms with Gasteiger partial charge in [-0.3, -0.25) is 4.79 Å². The van der Waals surface area contributed by atoms with Crippen molar-refractivity contribution in [2.75, 3.05) is 46.2 Å². The van der Waals surface area contributed by atoms with Crippen molar-refractivity contribution in [3.8, 4) is 11.5 Å². The molecule has 7 nitrogen and oxygen atoms in total. The molecule has 0 aliphatic rings. The van der Waals surface area contributed by atoms with Crippen molar-refractivity contribution >= 4 is 15.9 Å². The summed E-state index contributed by atoms with van der Waals surface area (Å²) in [6, 6.07) is 7.00. The van der Waals surface area contributed by atoms with E-state index in [4.69, 9.17) is 9.47 Å². The molecule has 0 aliphatic carbocycles. The fourth-order valence-corrected chi connectivity index (χ4v) is 2.88. The highest BCUT2D eigenvalue weighted by molar-refractivity contribution is 7.88. The van der Waals surface area contributed by atoms with Crippen LogP contribution in [0.3, 0.4) is 0 Å². The highest BCUT2D eigenvalue weighted by atomic mass is 32.2. The number of methoxy groups -OCH3 is 1. The Bertz CT molecular complexity index is 612. The fourth-order valence-electron chi connectivity index (χ4n) is 2.13. The molecule has 0 bridgehead atoms. The molecule has 8 heteroatoms. The molecule has 24 heavy (non-hydrogen) atoms. The lowest BCUT2D eigenvalue weighted by molar-refractivity contribution is -0.131. The van der Waals surface area contributed by atoms with Crippen LogP contribution in [0.1, 0.15) is 13.8 Å². The average Bonchev–Trinajstić information content (AvgIpc) is 2.54. The van der Waals surface area contributed by atoms with Crippen LogP contribution in [0.4, 0.5) is 0 Å². The number of carbonyl (C=O) groups is 1. The summed E-state index contributed by atoms with van der Waals surface area (Å²) in [6.07, 6.45) is 1.09. The molecule has 136 valence electrons. The zero-order valence-electron chi connectivity index (χ0n) is 14.7. The maximum absolute atomic E-state index is 12.1. The predicted octanol–water partition coefficient (Wildman–Crippen LogP) is 1.20. The third-order valence-electron chi connectivity index (χ3n) is 3.57. The van der Waals surface area contributed by atoms with Crippen molar-refractivity contribution in [1.29, 1.82) is 0 Å². The van der Waals surface area contributed by atoms with E-state index in [1.807, 2.05) is 13.8 Å². The van der Waals surface area contributed by atoms with Crippen LogP contribution in [0.15, 0.2) is 24.3 Å². The van der Waals surface area contributed by atoms with E-state index in [0.717, 1.165) is 10.6 Å². The van der Waals surface area contributed by atoms with Gasteiger partial charge in [0, 0.05) is 19.6 Å². The second kappa shape index (κ2) is 9.48. The third-order valence-corrected chi connectivity index (χ3v) is 4.82. The Kier molecular flexibility index (Phi) is 8.00. The standard InChI is InChI=1S/C16H26N2O5S/c1-5-17(6-2)16(19)13-18(24(4,20)21)11-12-23-15-9-7-14(22-3)8-10-15/h7-10H,5-6,11-13H2,1-4H3. The Morgan fingerprint density at radius 2 is 1.62 bits per heavy atom. The van der Waals surface area contributed by atoms with Gasteiger partial charge >= 0.3 is 0 Å². The molecule has 1 aromatic carbocycles. The van der Waals surface area contributed by atoms with Crippen LogP contribution in [0.2, 0.25) is 0 Å². The van der Waals surface area contributed by atoms with Crippen molar-refractivity contribution in [2.24, 2.45) is 0 Å². The normalized spacial score (nSPS) is 11.4. The number of hydrogen-bond acceptors (Lipinski definition) is 5. The van der Waals surface area contributed by atoms with Gasteiger partial charge in [-0.1, -0.05) is 0 Å². The van der Waals surface area contributed by atoms with Gasteiger partial charge in [0.1, 0.15) is 18.1 Å². The van der Waals surface area contributed by atoms with Gasteiger partial charge < -0.3 is 14.4 Å². The predicted molar refractivity (Wildman–Crippen MR) is 92.8 cm³/mol. The fraction of sp³-hybridized carbons (Fsp3) is 0.562. The molecule has 0 aliphatic heterocycles. The van der Waals surface area contributed by atoms with Gasteiger partial charge in [0.05, 0.1) is 19.9 Å². The summed E-state index contributed by atoms with van der Waals surface area (Å²) in [5, 5.41) is 0. The second-order valence-corrected chi connectivity index (χ2v) is 7.17. The Balaban J connectivity index is 2.62. The second-order valence-electron chi connectivity index (χ2n) is 5.19. The van der Waals surface area contributed by atoms with E-state index in [1.165, 1.54) is 0 Å². The molecule has 0 unspecified atom stereocenters. The molecule has 0 aromatic heterocycles. The van der Waals surface area contributed by atoms with E-state index >= 15 is 0 Å². The average molecular weight is 358 g/mol. The van der Waals surface area contributed by atoms with E-state index in [0.29, 0.717) is 24.6 Å². The van der Waals surface area contributed by atoms with E-state index in [9.17, 15) is 13.2 Å². The van der Waals surface area contributed by atoms with Crippen molar-refractivity contribution in [2.45, 2.75) is 13.8 Å². The number of nitrogens with zero attached hydrogens (tertiary/aromatic N) is 2. The van der Waals surface area contributed by atoms with Gasteiger partial charge in [0.25, 0.3) is 0 Å². The highest BCUT2D eigenvalue weighted by Gasteiger charge is 2.22. The van der Waals surface area contributed by atoms with E-state index < -0.39 is 10.0 Å². The Labute approximate surface area is 144 Å². The largest absolute Gasteiger partial charge is 0.497 e. The molecule has 0 saturated heterocycles. The van der Waals surface area contributed by atoms with Gasteiger partial charge in [0.15, 0.2) is 0 Å². The summed E-state index contributed by atoms with van der Waals surface area (Å²) in [4.78, 5) is 13.7. The van der Waals surface area contributed by atoms with Crippen molar-refractivity contribution < 1.29 is 22.7 Å². The highest BCUT2D eigenvalue weighted by Crippen LogP contribution is 2.17. The Hall–Kier alpha value is -1.80. The summed E-state index contributed by atoms with van der Waals surface area (Å²) in [7, 11) is -1.91. The molecule has 0 fully saturated rings. The summed E-state index contributed by atoms with van der Waals surface area (Å²) >= 11 is 0. The van der Waals surface area contributed by atoms with Crippen molar-refractivity contribution in [1.82, 2.24) is 9.21 Å². The van der Waals surface area contributed by atoms with Crippen LogP contribution in [0, 0.1) is 0 Å². The van der Waals surface area contributed by atoms with Crippen LogP contribution in [-0.2, 0) is 14.8 Å². The first kappa shape index (κ1) is 20.2. The minimum atomic E-state index is -3.49. The van der Waals surface area contributed by atoms with E-state index in [2.05, 4.69) is 0 Å². The van der Waals surface area contributed by atoms with Gasteiger partial charge in [-0.05, 0) is 38.1 Å². The minimum Gasteiger partial charge on any atom is -0.497 e. The molecular formula is C16H26N2O5S. The van der Waals surface area contributed by atoms with Crippen LogP contribution in [0.25, 0.3) is 0 Å². The molecular weight excluding hydrogens is 332 g/mol. The third kappa shape index (κ3) is 6.37. The SMILES string of the molecule is CCN(CC)C(=O)CN(CCOc1ccc(OC)cc1)S(C)(=O)=O. The van der Waals surface area contributed by atoms with Gasteiger partial charge in [-0.15, -0.1) is 0 Å². The lowest BCUT2D eigenvalue weighted by Gasteiger charge is -2.24. The van der Waals surface area contributed by atoms with Crippen LogP contribution >= 0.6 is 0 Å². The van der Waals surface area contributed by atoms with Gasteiger partial charge in [0.2, 0.25) is 15.9 Å². The van der Waals surface area contributed by atoms with Crippen LogP contribution in [0.5, 0.6) is 11.5 Å². The monoisotopic (exact) mass is 358 g/mol. The first-order valence-electron chi connectivity index (χ1n) is 7.81. The number of hydrogen-bond donors (Lipinski definition) is 0. The number of rotatable bonds is 10. The molecule has 1 aromatic rings. The minimum absolute atomic E-state index is 0.109. The summed E-state index contributed by atoms with van der Waals surface area (Å²) in [5.74, 6) is 1.11. The zero-order valence-corrected chi connectivity index (χ0v) is 15.5. The Morgan fingerprint density at radius 1 is 1.08 bits per heavy atom. The number of sulfonamides is 1. The lowest BCUT2D eigenvalue weighted by atomic mass is 10.3. The van der Waals surface area contributed by atoms with E-state index in [-0.39, 0.29) is 25.6 Å². The number of ether oxygens (including phenoxy) is 2. The summed E-state index contributed by atoms with van der Waals surface area (Å²) < 4.78 is 35.5. The van der Waals surface area contributed by atoms with Gasteiger partial charge in [-0.2, -0.15) is 4.31 Å². The maximum atomic E-state index is 12.1. The summed E-state index contributed by atoms with van der Waals surface area (Å²) in [6.45, 7) is 4.91. The quantitative estimate of drug-likeness (QED) is 0.628. The first-order valence-corrected chi connectivity index (χ1v) is 9.66. The lowest BCUT2D eigenvalue weighted by Crippen LogP contribution is -2.43. The molecule has 0 atom stereocenters. The molecule has 0 radical (unpaired) electrons. The summed E-state index contributed by atoms with van der Waals surface area (Å²) in [5.41, 5.74) is 0. The molecule has 1 rings (SSSR count). The number of amides is 1. The molecule has 0 saturated carbocycles. The topological polar surface area (TPSA) is 76.2 Å². The van der Waals surface area contributed by atoms with Crippen molar-refractivity contribution in [3.05, 3.63) is 24.3 Å². The molecule has 0 spiro atoms.